The second-order valence-corrected chi connectivity index (χ2v) is 8.30. The molecule has 2 aromatic heterocycles. The third-order valence-corrected chi connectivity index (χ3v) is 5.89. The minimum atomic E-state index is -0.0778. The number of carbonyl (C=O) groups excluding carboxylic acids is 1. The lowest BCUT2D eigenvalue weighted by Crippen LogP contribution is -2.41. The highest BCUT2D eigenvalue weighted by molar-refractivity contribution is 7.80. The van der Waals surface area contributed by atoms with E-state index in [1.165, 1.54) is 5.56 Å². The molecule has 2 N–H and O–H groups in total. The summed E-state index contributed by atoms with van der Waals surface area (Å²) in [5, 5.41) is 15.8. The number of morpholine rings is 1. The molecule has 0 radical (unpaired) electrons. The zero-order valence-electron chi connectivity index (χ0n) is 19.2. The van der Waals surface area contributed by atoms with Gasteiger partial charge in [-0.1, -0.05) is 30.3 Å². The van der Waals surface area contributed by atoms with Crippen LogP contribution in [-0.2, 0) is 17.8 Å². The third kappa shape index (κ3) is 5.07. The monoisotopic (exact) mass is 467 g/mol. The van der Waals surface area contributed by atoms with Crippen molar-refractivity contribution in [2.45, 2.75) is 33.9 Å². The molecule has 0 unspecified atom stereocenters. The molecular formula is C23H29N7O2S. The van der Waals surface area contributed by atoms with Crippen LogP contribution in [0.15, 0.2) is 36.5 Å². The van der Waals surface area contributed by atoms with Crippen LogP contribution in [0, 0.1) is 13.8 Å². The van der Waals surface area contributed by atoms with E-state index < -0.39 is 0 Å². The van der Waals surface area contributed by atoms with Crippen LogP contribution in [-0.4, -0.2) is 61.8 Å². The summed E-state index contributed by atoms with van der Waals surface area (Å²) in [6, 6.07) is 10.2. The molecule has 0 spiro atoms. The van der Waals surface area contributed by atoms with Crippen molar-refractivity contribution < 1.29 is 9.53 Å². The molecule has 0 atom stereocenters. The molecule has 0 bridgehead atoms. The van der Waals surface area contributed by atoms with E-state index in [1.807, 2.05) is 43.7 Å². The number of amides is 1. The molecule has 33 heavy (non-hydrogen) atoms. The topological polar surface area (TPSA) is 89.2 Å². The van der Waals surface area contributed by atoms with Crippen molar-refractivity contribution in [2.24, 2.45) is 0 Å². The number of carbonyl (C=O) groups is 1. The van der Waals surface area contributed by atoms with Crippen LogP contribution >= 0.6 is 12.2 Å². The summed E-state index contributed by atoms with van der Waals surface area (Å²) >= 11 is 5.58. The highest BCUT2D eigenvalue weighted by Crippen LogP contribution is 2.23. The van der Waals surface area contributed by atoms with Crippen LogP contribution < -0.4 is 10.6 Å². The standard InChI is InChI=1S/C23H29N7O2S/c1-4-29-21(22(31)28-10-12-32-13-11-28)19(14-24-29)25-23(33)26-20-16(2)27-30(17(20)3)15-18-8-6-5-7-9-18/h5-9,14H,4,10-13,15H2,1-3H3,(H2,25,26,33). The van der Waals surface area contributed by atoms with Crippen molar-refractivity contribution >= 4 is 34.6 Å². The van der Waals surface area contributed by atoms with Gasteiger partial charge in [-0.25, -0.2) is 0 Å². The van der Waals surface area contributed by atoms with Gasteiger partial charge in [0.2, 0.25) is 0 Å². The zero-order chi connectivity index (χ0) is 23.4. The normalized spacial score (nSPS) is 13.7. The molecule has 3 aromatic rings. The number of hydrogen-bond acceptors (Lipinski definition) is 5. The maximum Gasteiger partial charge on any atom is 0.274 e. The van der Waals surface area contributed by atoms with Crippen LogP contribution in [0.2, 0.25) is 0 Å². The Kier molecular flexibility index (Phi) is 7.05. The predicted molar refractivity (Wildman–Crippen MR) is 132 cm³/mol. The SMILES string of the molecule is CCn1ncc(NC(=S)Nc2c(C)nn(Cc3ccccc3)c2C)c1C(=O)N1CCOCC1. The van der Waals surface area contributed by atoms with E-state index in [4.69, 9.17) is 17.0 Å². The highest BCUT2D eigenvalue weighted by Gasteiger charge is 2.26. The van der Waals surface area contributed by atoms with Gasteiger partial charge in [0.1, 0.15) is 5.69 Å². The Bertz CT molecular complexity index is 1130. The van der Waals surface area contributed by atoms with Crippen LogP contribution in [0.3, 0.4) is 0 Å². The van der Waals surface area contributed by atoms with Crippen molar-refractivity contribution in [3.05, 3.63) is 59.2 Å². The van der Waals surface area contributed by atoms with Gasteiger partial charge in [0.05, 0.1) is 48.7 Å². The van der Waals surface area contributed by atoms with Crippen molar-refractivity contribution in [2.75, 3.05) is 36.9 Å². The van der Waals surface area contributed by atoms with E-state index in [0.717, 1.165) is 17.1 Å². The lowest BCUT2D eigenvalue weighted by atomic mass is 10.2. The molecule has 10 heteroatoms. The summed E-state index contributed by atoms with van der Waals surface area (Å²) in [6.07, 6.45) is 1.64. The van der Waals surface area contributed by atoms with Crippen LogP contribution in [0.4, 0.5) is 11.4 Å². The average Bonchev–Trinajstić information content (AvgIpc) is 3.35. The number of rotatable bonds is 6. The van der Waals surface area contributed by atoms with Crippen LogP contribution in [0.25, 0.3) is 0 Å². The molecule has 1 aromatic carbocycles. The number of nitrogens with one attached hydrogen (secondary N) is 2. The van der Waals surface area contributed by atoms with Gasteiger partial charge in [0, 0.05) is 19.6 Å². The maximum atomic E-state index is 13.2. The second-order valence-electron chi connectivity index (χ2n) is 7.90. The molecule has 174 valence electrons. The first kappa shape index (κ1) is 22.9. The van der Waals surface area contributed by atoms with Gasteiger partial charge >= 0.3 is 0 Å². The number of ether oxygens (including phenoxy) is 1. The van der Waals surface area contributed by atoms with Crippen LogP contribution in [0.1, 0.15) is 34.4 Å². The zero-order valence-corrected chi connectivity index (χ0v) is 20.0. The molecule has 1 aliphatic rings. The van der Waals surface area contributed by atoms with Crippen molar-refractivity contribution in [1.29, 1.82) is 0 Å². The van der Waals surface area contributed by atoms with Crippen LogP contribution in [0.5, 0.6) is 0 Å². The lowest BCUT2D eigenvalue weighted by Gasteiger charge is -2.27. The van der Waals surface area contributed by atoms with Gasteiger partial charge in [-0.2, -0.15) is 10.2 Å². The van der Waals surface area contributed by atoms with Gasteiger partial charge in [0.25, 0.3) is 5.91 Å². The number of anilines is 2. The maximum absolute atomic E-state index is 13.2. The molecular weight excluding hydrogens is 438 g/mol. The Morgan fingerprint density at radius 3 is 2.55 bits per heavy atom. The Morgan fingerprint density at radius 2 is 1.85 bits per heavy atom. The first-order chi connectivity index (χ1) is 16.0. The number of nitrogens with zero attached hydrogens (tertiary/aromatic N) is 5. The number of hydrogen-bond donors (Lipinski definition) is 2. The molecule has 3 heterocycles. The minimum Gasteiger partial charge on any atom is -0.378 e. The summed E-state index contributed by atoms with van der Waals surface area (Å²) in [4.78, 5) is 15.0. The largest absolute Gasteiger partial charge is 0.378 e. The summed E-state index contributed by atoms with van der Waals surface area (Å²) in [6.45, 7) is 9.38. The fourth-order valence-electron chi connectivity index (χ4n) is 3.91. The number of thiocarbonyl (C=S) groups is 1. The van der Waals surface area contributed by atoms with Gasteiger partial charge in [0.15, 0.2) is 5.11 Å². The van der Waals surface area contributed by atoms with E-state index in [-0.39, 0.29) is 5.91 Å². The lowest BCUT2D eigenvalue weighted by molar-refractivity contribution is 0.0295. The third-order valence-electron chi connectivity index (χ3n) is 5.68. The fourth-order valence-corrected chi connectivity index (χ4v) is 4.13. The first-order valence-electron chi connectivity index (χ1n) is 11.1. The molecule has 1 saturated heterocycles. The number of benzene rings is 1. The summed E-state index contributed by atoms with van der Waals surface area (Å²) in [7, 11) is 0. The summed E-state index contributed by atoms with van der Waals surface area (Å²) < 4.78 is 9.02. The van der Waals surface area contributed by atoms with E-state index in [0.29, 0.717) is 55.9 Å². The van der Waals surface area contributed by atoms with Gasteiger partial charge in [-0.3, -0.25) is 14.2 Å². The first-order valence-corrected chi connectivity index (χ1v) is 11.5. The smallest absolute Gasteiger partial charge is 0.274 e. The van der Waals surface area contributed by atoms with Crippen molar-refractivity contribution in [1.82, 2.24) is 24.5 Å². The predicted octanol–water partition coefficient (Wildman–Crippen LogP) is 3.05. The number of aromatic nitrogens is 4. The summed E-state index contributed by atoms with van der Waals surface area (Å²) in [5.74, 6) is -0.0778. The molecule has 1 fully saturated rings. The van der Waals surface area contributed by atoms with Crippen molar-refractivity contribution in [3.63, 3.8) is 0 Å². The van der Waals surface area contributed by atoms with E-state index in [9.17, 15) is 4.79 Å². The molecule has 1 amide bonds. The highest BCUT2D eigenvalue weighted by atomic mass is 32.1. The molecule has 0 saturated carbocycles. The van der Waals surface area contributed by atoms with Gasteiger partial charge < -0.3 is 20.3 Å². The Morgan fingerprint density at radius 1 is 1.12 bits per heavy atom. The molecule has 9 nitrogen and oxygen atoms in total. The Balaban J connectivity index is 1.49. The summed E-state index contributed by atoms with van der Waals surface area (Å²) in [5.41, 5.74) is 4.94. The average molecular weight is 468 g/mol. The Hall–Kier alpha value is -3.24. The van der Waals surface area contributed by atoms with E-state index >= 15 is 0 Å². The minimum absolute atomic E-state index is 0.0778. The van der Waals surface area contributed by atoms with Crippen molar-refractivity contribution in [3.8, 4) is 0 Å². The quantitative estimate of drug-likeness (QED) is 0.539. The second kappa shape index (κ2) is 10.1. The van der Waals surface area contributed by atoms with E-state index in [1.54, 1.807) is 15.8 Å². The fraction of sp³-hybridized carbons (Fsp3) is 0.391. The van der Waals surface area contributed by atoms with Gasteiger partial charge in [-0.15, -0.1) is 0 Å². The van der Waals surface area contributed by atoms with E-state index in [2.05, 4.69) is 33.0 Å². The Labute approximate surface area is 198 Å². The molecule has 4 rings (SSSR count). The molecule has 1 aliphatic heterocycles. The molecule has 0 aliphatic carbocycles. The van der Waals surface area contributed by atoms with Gasteiger partial charge in [-0.05, 0) is 38.6 Å². The number of aryl methyl sites for hydroxylation is 2.